The highest BCUT2D eigenvalue weighted by Crippen LogP contribution is 2.29. The molecule has 2 amide bonds. The SMILES string of the molecule is CCOc1ccc(NC(=O)c2cccc(NC(=O)CC)c2)cc1S(=O)(=O)N(C)C. The standard InChI is InChI=1S/C20H25N3O5S/c1-5-19(24)21-15-9-7-8-14(12-15)20(25)22-16-10-11-17(28-6-2)18(13-16)29(26,27)23(3)4/h7-13H,5-6H2,1-4H3,(H,21,24)(H,22,25). The Morgan fingerprint density at radius 1 is 1.00 bits per heavy atom. The lowest BCUT2D eigenvalue weighted by molar-refractivity contribution is -0.115. The van der Waals surface area contributed by atoms with Crippen LogP contribution < -0.4 is 15.4 Å². The quantitative estimate of drug-likeness (QED) is 0.684. The van der Waals surface area contributed by atoms with Gasteiger partial charge < -0.3 is 15.4 Å². The van der Waals surface area contributed by atoms with Crippen LogP contribution in [0.4, 0.5) is 11.4 Å². The van der Waals surface area contributed by atoms with E-state index < -0.39 is 15.9 Å². The molecule has 0 radical (unpaired) electrons. The second-order valence-corrected chi connectivity index (χ2v) is 8.44. The maximum Gasteiger partial charge on any atom is 0.255 e. The summed E-state index contributed by atoms with van der Waals surface area (Å²) in [6.07, 6.45) is 0.325. The van der Waals surface area contributed by atoms with Gasteiger partial charge in [-0.1, -0.05) is 13.0 Å². The summed E-state index contributed by atoms with van der Waals surface area (Å²) in [7, 11) is -0.920. The highest BCUT2D eigenvalue weighted by molar-refractivity contribution is 7.89. The van der Waals surface area contributed by atoms with Gasteiger partial charge >= 0.3 is 0 Å². The van der Waals surface area contributed by atoms with Gasteiger partial charge in [-0.05, 0) is 43.3 Å². The van der Waals surface area contributed by atoms with Crippen LogP contribution in [-0.4, -0.2) is 45.2 Å². The third-order valence-corrected chi connectivity index (χ3v) is 5.83. The summed E-state index contributed by atoms with van der Waals surface area (Å²) in [4.78, 5) is 24.1. The molecular weight excluding hydrogens is 394 g/mol. The zero-order valence-electron chi connectivity index (χ0n) is 16.9. The van der Waals surface area contributed by atoms with E-state index in [2.05, 4.69) is 10.6 Å². The molecule has 156 valence electrons. The molecule has 0 aliphatic rings. The van der Waals surface area contributed by atoms with Crippen molar-refractivity contribution in [3.63, 3.8) is 0 Å². The van der Waals surface area contributed by atoms with Crippen molar-refractivity contribution >= 4 is 33.2 Å². The van der Waals surface area contributed by atoms with Gasteiger partial charge in [0.05, 0.1) is 6.61 Å². The van der Waals surface area contributed by atoms with E-state index >= 15 is 0 Å². The number of carbonyl (C=O) groups is 2. The Hall–Kier alpha value is -2.91. The van der Waals surface area contributed by atoms with Gasteiger partial charge in [-0.3, -0.25) is 9.59 Å². The highest BCUT2D eigenvalue weighted by Gasteiger charge is 2.23. The molecule has 0 unspecified atom stereocenters. The van der Waals surface area contributed by atoms with Crippen LogP contribution in [0.3, 0.4) is 0 Å². The molecule has 8 nitrogen and oxygen atoms in total. The predicted octanol–water partition coefficient (Wildman–Crippen LogP) is 2.94. The first-order valence-corrected chi connectivity index (χ1v) is 10.5. The monoisotopic (exact) mass is 419 g/mol. The number of sulfonamides is 1. The third-order valence-electron chi connectivity index (χ3n) is 3.99. The van der Waals surface area contributed by atoms with Crippen LogP contribution in [0.5, 0.6) is 5.75 Å². The van der Waals surface area contributed by atoms with E-state index in [-0.39, 0.29) is 16.6 Å². The normalized spacial score (nSPS) is 11.2. The first-order valence-electron chi connectivity index (χ1n) is 9.09. The van der Waals surface area contributed by atoms with Crippen molar-refractivity contribution in [2.45, 2.75) is 25.2 Å². The van der Waals surface area contributed by atoms with Crippen LogP contribution in [0.25, 0.3) is 0 Å². The van der Waals surface area contributed by atoms with Gasteiger partial charge in [0.2, 0.25) is 15.9 Å². The largest absolute Gasteiger partial charge is 0.492 e. The van der Waals surface area contributed by atoms with Gasteiger partial charge in [0.25, 0.3) is 5.91 Å². The van der Waals surface area contributed by atoms with Crippen LogP contribution in [0.1, 0.15) is 30.6 Å². The van der Waals surface area contributed by atoms with Gasteiger partial charge in [0.15, 0.2) is 0 Å². The van der Waals surface area contributed by atoms with E-state index in [1.54, 1.807) is 44.2 Å². The number of rotatable bonds is 8. The lowest BCUT2D eigenvalue weighted by Gasteiger charge is -2.16. The molecule has 2 rings (SSSR count). The van der Waals surface area contributed by atoms with E-state index in [0.717, 1.165) is 4.31 Å². The maximum absolute atomic E-state index is 12.6. The van der Waals surface area contributed by atoms with E-state index in [0.29, 0.717) is 30.0 Å². The molecule has 0 bridgehead atoms. The molecular formula is C20H25N3O5S. The number of hydrogen-bond donors (Lipinski definition) is 2. The fraction of sp³-hybridized carbons (Fsp3) is 0.300. The molecule has 0 fully saturated rings. The number of nitrogens with one attached hydrogen (secondary N) is 2. The van der Waals surface area contributed by atoms with Gasteiger partial charge in [0, 0.05) is 37.5 Å². The molecule has 0 spiro atoms. The Morgan fingerprint density at radius 3 is 2.31 bits per heavy atom. The van der Waals surface area contributed by atoms with E-state index in [1.807, 2.05) is 0 Å². The second kappa shape index (κ2) is 9.53. The smallest absolute Gasteiger partial charge is 0.255 e. The zero-order chi connectivity index (χ0) is 21.6. The molecule has 2 aromatic carbocycles. The number of amides is 2. The number of hydrogen-bond acceptors (Lipinski definition) is 5. The van der Waals surface area contributed by atoms with Crippen molar-refractivity contribution in [3.8, 4) is 5.75 Å². The van der Waals surface area contributed by atoms with Crippen molar-refractivity contribution in [2.24, 2.45) is 0 Å². The second-order valence-electron chi connectivity index (χ2n) is 6.32. The minimum atomic E-state index is -3.77. The fourth-order valence-electron chi connectivity index (χ4n) is 2.45. The summed E-state index contributed by atoms with van der Waals surface area (Å²) in [5.41, 5.74) is 1.14. The Kier molecular flexibility index (Phi) is 7.35. The summed E-state index contributed by atoms with van der Waals surface area (Å²) < 4.78 is 31.7. The van der Waals surface area contributed by atoms with Crippen LogP contribution >= 0.6 is 0 Å². The molecule has 0 aliphatic carbocycles. The first-order chi connectivity index (χ1) is 13.7. The fourth-order valence-corrected chi connectivity index (χ4v) is 3.50. The topological polar surface area (TPSA) is 105 Å². The van der Waals surface area contributed by atoms with Gasteiger partial charge in [-0.2, -0.15) is 0 Å². The predicted molar refractivity (Wildman–Crippen MR) is 112 cm³/mol. The number of nitrogens with zero attached hydrogens (tertiary/aromatic N) is 1. The van der Waals surface area contributed by atoms with Gasteiger partial charge in [-0.25, -0.2) is 12.7 Å². The highest BCUT2D eigenvalue weighted by atomic mass is 32.2. The lowest BCUT2D eigenvalue weighted by Crippen LogP contribution is -2.23. The van der Waals surface area contributed by atoms with Crippen molar-refractivity contribution in [1.29, 1.82) is 0 Å². The van der Waals surface area contributed by atoms with Crippen molar-refractivity contribution < 1.29 is 22.7 Å². The van der Waals surface area contributed by atoms with Crippen LogP contribution in [0.2, 0.25) is 0 Å². The lowest BCUT2D eigenvalue weighted by atomic mass is 10.1. The van der Waals surface area contributed by atoms with Gasteiger partial charge in [0.1, 0.15) is 10.6 Å². The van der Waals surface area contributed by atoms with Crippen LogP contribution in [0.15, 0.2) is 47.4 Å². The Morgan fingerprint density at radius 2 is 1.69 bits per heavy atom. The molecule has 9 heteroatoms. The summed E-state index contributed by atoms with van der Waals surface area (Å²) in [6, 6.07) is 10.9. The number of anilines is 2. The molecule has 2 N–H and O–H groups in total. The van der Waals surface area contributed by atoms with Crippen LogP contribution in [0, 0.1) is 0 Å². The molecule has 0 saturated carbocycles. The molecule has 0 aromatic heterocycles. The Balaban J connectivity index is 2.31. The molecule has 0 aliphatic heterocycles. The summed E-state index contributed by atoms with van der Waals surface area (Å²) in [5.74, 6) is -0.383. The van der Waals surface area contributed by atoms with Crippen molar-refractivity contribution in [2.75, 3.05) is 31.3 Å². The number of benzene rings is 2. The van der Waals surface area contributed by atoms with Crippen molar-refractivity contribution in [3.05, 3.63) is 48.0 Å². The number of carbonyl (C=O) groups excluding carboxylic acids is 2. The van der Waals surface area contributed by atoms with E-state index in [4.69, 9.17) is 4.74 Å². The summed E-state index contributed by atoms with van der Waals surface area (Å²) in [5, 5.41) is 5.38. The number of ether oxygens (including phenoxy) is 1. The maximum atomic E-state index is 12.6. The zero-order valence-corrected chi connectivity index (χ0v) is 17.7. The van der Waals surface area contributed by atoms with Crippen molar-refractivity contribution in [1.82, 2.24) is 4.31 Å². The molecule has 0 atom stereocenters. The minimum Gasteiger partial charge on any atom is -0.492 e. The average molecular weight is 420 g/mol. The third kappa shape index (κ3) is 5.55. The molecule has 0 heterocycles. The Bertz CT molecular complexity index is 1000. The minimum absolute atomic E-state index is 0.0360. The first kappa shape index (κ1) is 22.4. The molecule has 2 aromatic rings. The molecule has 0 saturated heterocycles. The Labute approximate surface area is 170 Å². The van der Waals surface area contributed by atoms with E-state index in [1.165, 1.54) is 26.2 Å². The van der Waals surface area contributed by atoms with Gasteiger partial charge in [-0.15, -0.1) is 0 Å². The summed E-state index contributed by atoms with van der Waals surface area (Å²) in [6.45, 7) is 3.79. The average Bonchev–Trinajstić information content (AvgIpc) is 2.69. The van der Waals surface area contributed by atoms with E-state index in [9.17, 15) is 18.0 Å². The van der Waals surface area contributed by atoms with Crippen LogP contribution in [-0.2, 0) is 14.8 Å². The molecule has 29 heavy (non-hydrogen) atoms. The summed E-state index contributed by atoms with van der Waals surface area (Å²) >= 11 is 0.